The maximum atomic E-state index is 13.6. The van der Waals surface area contributed by atoms with Crippen molar-refractivity contribution in [3.8, 4) is 23.1 Å². The van der Waals surface area contributed by atoms with Crippen molar-refractivity contribution < 1.29 is 27.7 Å². The molecule has 1 N–H and O–H groups in total. The molecule has 0 radical (unpaired) electrons. The first kappa shape index (κ1) is 23.9. The second-order valence-corrected chi connectivity index (χ2v) is 8.19. The number of nitrogens with zero attached hydrogens (tertiary/aromatic N) is 4. The lowest BCUT2D eigenvalue weighted by Crippen LogP contribution is -2.37. The van der Waals surface area contributed by atoms with Crippen LogP contribution in [-0.4, -0.2) is 67.6 Å². The topological polar surface area (TPSA) is 90.3 Å². The molecule has 188 valence electrons. The Bertz CT molecular complexity index is 1270. The minimum atomic E-state index is -0.975. The third-order valence-corrected chi connectivity index (χ3v) is 5.79. The zero-order valence-electron chi connectivity index (χ0n) is 19.7. The molecule has 0 spiro atoms. The molecular weight excluding hydrogens is 472 g/mol. The number of morpholine rings is 1. The van der Waals surface area contributed by atoms with Crippen molar-refractivity contribution in [3.05, 3.63) is 53.9 Å². The minimum absolute atomic E-state index is 0.200. The normalized spacial score (nSPS) is 14.9. The zero-order valence-corrected chi connectivity index (χ0v) is 19.7. The fraction of sp³-hybridized carbons (Fsp3) is 0.320. The van der Waals surface area contributed by atoms with Gasteiger partial charge in [-0.2, -0.15) is 4.98 Å². The molecule has 0 bridgehead atoms. The first-order chi connectivity index (χ1) is 17.6. The van der Waals surface area contributed by atoms with Gasteiger partial charge in [-0.05, 0) is 24.6 Å². The van der Waals surface area contributed by atoms with Crippen molar-refractivity contribution in [1.82, 2.24) is 14.9 Å². The molecule has 36 heavy (non-hydrogen) atoms. The number of benzene rings is 2. The highest BCUT2D eigenvalue weighted by atomic mass is 19.2. The van der Waals surface area contributed by atoms with Crippen LogP contribution in [0.25, 0.3) is 0 Å². The van der Waals surface area contributed by atoms with E-state index in [9.17, 15) is 8.78 Å². The second-order valence-electron chi connectivity index (χ2n) is 8.19. The molecule has 9 nitrogen and oxygen atoms in total. The summed E-state index contributed by atoms with van der Waals surface area (Å²) in [7, 11) is 1.56. The van der Waals surface area contributed by atoms with E-state index in [4.69, 9.17) is 18.9 Å². The number of halogens is 2. The SMILES string of the molecule is COc1cc2c(cc1OCCCN1CCOCC1)C=Nc1c(Nc3ccc(F)c(F)c3)ncnc1O2. The van der Waals surface area contributed by atoms with Crippen LogP contribution in [0.2, 0.25) is 0 Å². The standard InChI is InChI=1S/C25H25F2N5O4/c1-33-21-13-20-16(11-22(21)35-8-2-5-32-6-9-34-10-7-32)14-28-23-24(29-15-30-25(23)36-20)31-17-3-4-18(26)19(27)12-17/h3-4,11-15H,2,5-10H2,1H3,(H,29,30,31). The van der Waals surface area contributed by atoms with Crippen LogP contribution < -0.4 is 19.5 Å². The minimum Gasteiger partial charge on any atom is -0.493 e. The number of fused-ring (bicyclic) bond motifs is 2. The highest BCUT2D eigenvalue weighted by molar-refractivity contribution is 5.90. The summed E-state index contributed by atoms with van der Waals surface area (Å²) in [5.74, 6) is 0.140. The Hall–Kier alpha value is -3.83. The number of rotatable bonds is 8. The predicted octanol–water partition coefficient (Wildman–Crippen LogP) is 4.46. The van der Waals surface area contributed by atoms with E-state index in [-0.39, 0.29) is 11.7 Å². The van der Waals surface area contributed by atoms with Crippen molar-refractivity contribution >= 4 is 23.4 Å². The van der Waals surface area contributed by atoms with Gasteiger partial charge in [0.1, 0.15) is 12.1 Å². The van der Waals surface area contributed by atoms with Crippen LogP contribution in [0.1, 0.15) is 12.0 Å². The number of anilines is 2. The van der Waals surface area contributed by atoms with Crippen molar-refractivity contribution in [2.45, 2.75) is 6.42 Å². The molecule has 1 aromatic heterocycles. The molecule has 0 aliphatic carbocycles. The van der Waals surface area contributed by atoms with E-state index < -0.39 is 11.6 Å². The number of methoxy groups -OCH3 is 1. The summed E-state index contributed by atoms with van der Waals surface area (Å²) < 4.78 is 49.9. The summed E-state index contributed by atoms with van der Waals surface area (Å²) in [5, 5.41) is 2.94. The molecule has 0 amide bonds. The lowest BCUT2D eigenvalue weighted by molar-refractivity contribution is 0.0357. The van der Waals surface area contributed by atoms with E-state index >= 15 is 0 Å². The van der Waals surface area contributed by atoms with E-state index in [2.05, 4.69) is 25.2 Å². The molecule has 3 heterocycles. The Morgan fingerprint density at radius 2 is 1.92 bits per heavy atom. The Labute approximate surface area is 206 Å². The van der Waals surface area contributed by atoms with Crippen molar-refractivity contribution in [2.24, 2.45) is 4.99 Å². The van der Waals surface area contributed by atoms with E-state index in [1.807, 2.05) is 0 Å². The fourth-order valence-corrected chi connectivity index (χ4v) is 3.91. The average Bonchev–Trinajstić information content (AvgIpc) is 3.08. The Morgan fingerprint density at radius 1 is 1.06 bits per heavy atom. The Morgan fingerprint density at radius 3 is 2.72 bits per heavy atom. The van der Waals surface area contributed by atoms with E-state index in [0.29, 0.717) is 40.8 Å². The number of aromatic nitrogens is 2. The number of nitrogens with one attached hydrogen (secondary N) is 1. The summed E-state index contributed by atoms with van der Waals surface area (Å²) in [5.41, 5.74) is 1.28. The van der Waals surface area contributed by atoms with Crippen LogP contribution in [0.15, 0.2) is 41.7 Å². The van der Waals surface area contributed by atoms with Gasteiger partial charge in [0.05, 0.1) is 26.9 Å². The van der Waals surface area contributed by atoms with Crippen LogP contribution >= 0.6 is 0 Å². The number of ether oxygens (including phenoxy) is 4. The molecule has 5 rings (SSSR count). The summed E-state index contributed by atoms with van der Waals surface area (Å²) in [6.07, 6.45) is 3.77. The highest BCUT2D eigenvalue weighted by Crippen LogP contribution is 2.42. The Balaban J connectivity index is 1.33. The number of hydrogen-bond acceptors (Lipinski definition) is 9. The third kappa shape index (κ3) is 5.37. The van der Waals surface area contributed by atoms with Crippen LogP contribution in [0.4, 0.5) is 26.0 Å². The maximum Gasteiger partial charge on any atom is 0.250 e. The van der Waals surface area contributed by atoms with Gasteiger partial charge in [-0.25, -0.2) is 18.8 Å². The molecule has 2 aliphatic heterocycles. The number of aliphatic imine (C=N–C) groups is 1. The molecule has 1 saturated heterocycles. The van der Waals surface area contributed by atoms with Crippen molar-refractivity contribution in [3.63, 3.8) is 0 Å². The van der Waals surface area contributed by atoms with E-state index in [1.54, 1.807) is 25.5 Å². The van der Waals surface area contributed by atoms with Gasteiger partial charge in [-0.3, -0.25) is 4.90 Å². The second kappa shape index (κ2) is 10.8. The predicted molar refractivity (Wildman–Crippen MR) is 129 cm³/mol. The van der Waals surface area contributed by atoms with Crippen LogP contribution in [0.5, 0.6) is 23.1 Å². The van der Waals surface area contributed by atoms with E-state index in [1.165, 1.54) is 12.4 Å². The molecule has 0 atom stereocenters. The maximum absolute atomic E-state index is 13.6. The van der Waals surface area contributed by atoms with Gasteiger partial charge in [0.15, 0.2) is 34.6 Å². The monoisotopic (exact) mass is 497 g/mol. The molecular formula is C25H25F2N5O4. The van der Waals surface area contributed by atoms with Crippen LogP contribution in [-0.2, 0) is 4.74 Å². The average molecular weight is 498 g/mol. The van der Waals surface area contributed by atoms with E-state index in [0.717, 1.165) is 51.4 Å². The van der Waals surface area contributed by atoms with Crippen molar-refractivity contribution in [2.75, 3.05) is 51.9 Å². The zero-order chi connectivity index (χ0) is 24.9. The largest absolute Gasteiger partial charge is 0.493 e. The molecule has 3 aromatic rings. The summed E-state index contributed by atoms with van der Waals surface area (Å²) in [4.78, 5) is 15.2. The van der Waals surface area contributed by atoms with Crippen LogP contribution in [0.3, 0.4) is 0 Å². The lowest BCUT2D eigenvalue weighted by Gasteiger charge is -2.26. The third-order valence-electron chi connectivity index (χ3n) is 5.79. The first-order valence-corrected chi connectivity index (χ1v) is 11.5. The van der Waals surface area contributed by atoms with Crippen molar-refractivity contribution in [1.29, 1.82) is 0 Å². The highest BCUT2D eigenvalue weighted by Gasteiger charge is 2.21. The summed E-state index contributed by atoms with van der Waals surface area (Å²) >= 11 is 0. The molecule has 2 aliphatic rings. The van der Waals surface area contributed by atoms with Gasteiger partial charge >= 0.3 is 0 Å². The molecule has 2 aromatic carbocycles. The quantitative estimate of drug-likeness (QED) is 0.357. The molecule has 0 saturated carbocycles. The number of hydrogen-bond donors (Lipinski definition) is 1. The molecule has 0 unspecified atom stereocenters. The smallest absolute Gasteiger partial charge is 0.250 e. The summed E-state index contributed by atoms with van der Waals surface area (Å²) in [6.45, 7) is 4.87. The van der Waals surface area contributed by atoms with Gasteiger partial charge < -0.3 is 24.3 Å². The summed E-state index contributed by atoms with van der Waals surface area (Å²) in [6, 6.07) is 6.98. The van der Waals surface area contributed by atoms with Gasteiger partial charge in [0.2, 0.25) is 0 Å². The fourth-order valence-electron chi connectivity index (χ4n) is 3.91. The van der Waals surface area contributed by atoms with Gasteiger partial charge in [-0.15, -0.1) is 0 Å². The molecule has 1 fully saturated rings. The molecule has 11 heteroatoms. The first-order valence-electron chi connectivity index (χ1n) is 11.5. The Kier molecular flexibility index (Phi) is 7.19. The van der Waals surface area contributed by atoms with Gasteiger partial charge in [0, 0.05) is 49.2 Å². The van der Waals surface area contributed by atoms with Crippen LogP contribution in [0, 0.1) is 11.6 Å². The van der Waals surface area contributed by atoms with Gasteiger partial charge in [0.25, 0.3) is 5.88 Å². The lowest BCUT2D eigenvalue weighted by atomic mass is 10.2. The van der Waals surface area contributed by atoms with Gasteiger partial charge in [-0.1, -0.05) is 0 Å².